The van der Waals surface area contributed by atoms with E-state index in [1.54, 1.807) is 0 Å². The number of hydrogen-bond acceptors (Lipinski definition) is 7. The molecule has 0 bridgehead atoms. The molecule has 4 rings (SSSR count). The fraction of sp³-hybridized carbons (Fsp3) is 0.345. The van der Waals surface area contributed by atoms with E-state index >= 15 is 0 Å². The Labute approximate surface area is 228 Å². The van der Waals surface area contributed by atoms with Crippen LogP contribution in [-0.4, -0.2) is 38.7 Å². The smallest absolute Gasteiger partial charge is 0.255 e. The van der Waals surface area contributed by atoms with Crippen LogP contribution in [0.4, 0.5) is 0 Å². The second-order valence-electron chi connectivity index (χ2n) is 9.89. The molecule has 38 heavy (non-hydrogen) atoms. The Morgan fingerprint density at radius 3 is 1.47 bits per heavy atom. The van der Waals surface area contributed by atoms with Crippen LogP contribution in [0.1, 0.15) is 61.8 Å². The van der Waals surface area contributed by atoms with Gasteiger partial charge in [0.05, 0.1) is 11.1 Å². The van der Waals surface area contributed by atoms with Crippen molar-refractivity contribution in [3.05, 3.63) is 95.4 Å². The molecule has 2 aromatic carbocycles. The lowest BCUT2D eigenvalue weighted by Crippen LogP contribution is -2.37. The Morgan fingerprint density at radius 2 is 1.13 bits per heavy atom. The van der Waals surface area contributed by atoms with E-state index in [9.17, 15) is 10.2 Å². The maximum Gasteiger partial charge on any atom is 0.255 e. The first-order valence-corrected chi connectivity index (χ1v) is 13.2. The van der Waals surface area contributed by atoms with Crippen molar-refractivity contribution in [3.63, 3.8) is 0 Å². The van der Waals surface area contributed by atoms with Gasteiger partial charge in [-0.2, -0.15) is 0 Å². The van der Waals surface area contributed by atoms with Gasteiger partial charge >= 0.3 is 0 Å². The molecule has 4 N–H and O–H groups in total. The first kappa shape index (κ1) is 27.2. The van der Waals surface area contributed by atoms with Crippen molar-refractivity contribution in [1.29, 1.82) is 0 Å². The molecule has 2 aromatic heterocycles. The van der Waals surface area contributed by atoms with E-state index in [4.69, 9.17) is 21.3 Å². The van der Waals surface area contributed by atoms with Crippen molar-refractivity contribution >= 4 is 17.3 Å². The van der Waals surface area contributed by atoms with E-state index in [-0.39, 0.29) is 11.8 Å². The number of aromatic nitrogens is 2. The van der Waals surface area contributed by atoms with Gasteiger partial charge in [-0.1, -0.05) is 74.5 Å². The van der Waals surface area contributed by atoms with Crippen molar-refractivity contribution in [2.24, 2.45) is 0 Å². The van der Waals surface area contributed by atoms with Gasteiger partial charge in [0.1, 0.15) is 12.5 Å². The lowest BCUT2D eigenvalue weighted by Gasteiger charge is -2.29. The SMILES string of the molecule is CC(CCCNC(=S)NCCCC(C)(c1ccccc1)c1conc1O)(c1ccccc1)c1conc1O. The summed E-state index contributed by atoms with van der Waals surface area (Å²) in [6.07, 6.45) is 6.19. The van der Waals surface area contributed by atoms with Crippen LogP contribution in [0.3, 0.4) is 0 Å². The summed E-state index contributed by atoms with van der Waals surface area (Å²) in [7, 11) is 0. The molecule has 0 aliphatic carbocycles. The zero-order valence-electron chi connectivity index (χ0n) is 21.7. The van der Waals surface area contributed by atoms with E-state index in [2.05, 4.69) is 59.1 Å². The van der Waals surface area contributed by atoms with Gasteiger partial charge in [-0.05, 0) is 59.3 Å². The summed E-state index contributed by atoms with van der Waals surface area (Å²) in [5.74, 6) is -0.160. The Kier molecular flexibility index (Phi) is 8.68. The summed E-state index contributed by atoms with van der Waals surface area (Å²) in [5, 5.41) is 35.0. The lowest BCUT2D eigenvalue weighted by atomic mass is 9.74. The van der Waals surface area contributed by atoms with Crippen LogP contribution in [0, 0.1) is 0 Å². The normalized spacial score (nSPS) is 14.4. The number of aromatic hydroxyl groups is 2. The molecule has 2 heterocycles. The molecular formula is C29H34N4O4S. The first-order chi connectivity index (χ1) is 18.3. The predicted octanol–water partition coefficient (Wildman–Crippen LogP) is 5.41. The van der Waals surface area contributed by atoms with Crippen LogP contribution < -0.4 is 10.6 Å². The van der Waals surface area contributed by atoms with Crippen LogP contribution in [-0.2, 0) is 10.8 Å². The molecule has 2 unspecified atom stereocenters. The lowest BCUT2D eigenvalue weighted by molar-refractivity contribution is 0.358. The molecule has 0 aliphatic heterocycles. The van der Waals surface area contributed by atoms with E-state index in [0.29, 0.717) is 29.3 Å². The van der Waals surface area contributed by atoms with Gasteiger partial charge in [0.15, 0.2) is 5.11 Å². The van der Waals surface area contributed by atoms with Gasteiger partial charge < -0.3 is 29.9 Å². The maximum absolute atomic E-state index is 10.2. The summed E-state index contributed by atoms with van der Waals surface area (Å²) in [4.78, 5) is 0. The quantitative estimate of drug-likeness (QED) is 0.140. The van der Waals surface area contributed by atoms with Gasteiger partial charge in [0, 0.05) is 23.9 Å². The third kappa shape index (κ3) is 5.99. The molecule has 0 saturated carbocycles. The van der Waals surface area contributed by atoms with Crippen molar-refractivity contribution in [1.82, 2.24) is 20.9 Å². The fourth-order valence-corrected chi connectivity index (χ4v) is 5.25. The van der Waals surface area contributed by atoms with Crippen LogP contribution >= 0.6 is 12.2 Å². The summed E-state index contributed by atoms with van der Waals surface area (Å²) < 4.78 is 10.1. The van der Waals surface area contributed by atoms with Gasteiger partial charge in [-0.3, -0.25) is 0 Å². The highest BCUT2D eigenvalue weighted by molar-refractivity contribution is 7.80. The topological polar surface area (TPSA) is 117 Å². The summed E-state index contributed by atoms with van der Waals surface area (Å²) in [6, 6.07) is 20.1. The summed E-state index contributed by atoms with van der Waals surface area (Å²) >= 11 is 5.50. The minimum absolute atomic E-state index is 0.0801. The van der Waals surface area contributed by atoms with Crippen molar-refractivity contribution in [3.8, 4) is 11.8 Å². The standard InChI is InChI=1S/C29H34N4O4S/c1-28(21-11-5-3-6-12-21,23-19-36-32-25(23)34)15-9-17-30-27(38)31-18-10-16-29(2,22-13-7-4-8-14-22)24-20-37-33-26(24)35/h3-8,11-14,19-20H,9-10,15-18H2,1-2H3,(H,32,34)(H,33,35)(H2,30,31,38). The van der Waals surface area contributed by atoms with Gasteiger partial charge in [-0.25, -0.2) is 0 Å². The van der Waals surface area contributed by atoms with Gasteiger partial charge in [0.2, 0.25) is 0 Å². The molecule has 4 aromatic rings. The van der Waals surface area contributed by atoms with E-state index < -0.39 is 10.8 Å². The van der Waals surface area contributed by atoms with Gasteiger partial charge in [0.25, 0.3) is 11.8 Å². The minimum Gasteiger partial charge on any atom is -0.491 e. The fourth-order valence-electron chi connectivity index (χ4n) is 5.05. The van der Waals surface area contributed by atoms with E-state index in [1.807, 2.05) is 36.4 Å². The molecule has 9 heteroatoms. The number of nitrogens with zero attached hydrogens (tertiary/aromatic N) is 2. The largest absolute Gasteiger partial charge is 0.491 e. The van der Waals surface area contributed by atoms with Crippen LogP contribution in [0.25, 0.3) is 0 Å². The molecule has 0 spiro atoms. The molecule has 0 aliphatic rings. The number of thiocarbonyl (C=S) groups is 1. The second-order valence-corrected chi connectivity index (χ2v) is 10.3. The zero-order valence-corrected chi connectivity index (χ0v) is 22.5. The van der Waals surface area contributed by atoms with Crippen molar-refractivity contribution < 1.29 is 19.3 Å². The highest BCUT2D eigenvalue weighted by Crippen LogP contribution is 2.41. The molecule has 0 fully saturated rings. The van der Waals surface area contributed by atoms with Crippen LogP contribution in [0.5, 0.6) is 11.8 Å². The molecular weight excluding hydrogens is 500 g/mol. The van der Waals surface area contributed by atoms with Gasteiger partial charge in [-0.15, -0.1) is 0 Å². The average Bonchev–Trinajstić information content (AvgIpc) is 3.58. The van der Waals surface area contributed by atoms with Crippen LogP contribution in [0.15, 0.2) is 82.2 Å². The number of hydrogen-bond donors (Lipinski definition) is 4. The molecule has 8 nitrogen and oxygen atoms in total. The van der Waals surface area contributed by atoms with E-state index in [0.717, 1.165) is 36.8 Å². The van der Waals surface area contributed by atoms with Crippen molar-refractivity contribution in [2.75, 3.05) is 13.1 Å². The molecule has 200 valence electrons. The average molecular weight is 535 g/mol. The molecule has 0 amide bonds. The summed E-state index contributed by atoms with van der Waals surface area (Å²) in [6.45, 7) is 5.53. The molecule has 2 atom stereocenters. The number of rotatable bonds is 12. The number of benzene rings is 2. The maximum atomic E-state index is 10.2. The number of nitrogens with one attached hydrogen (secondary N) is 2. The first-order valence-electron chi connectivity index (χ1n) is 12.7. The Morgan fingerprint density at radius 1 is 0.737 bits per heavy atom. The Bertz CT molecular complexity index is 1210. The highest BCUT2D eigenvalue weighted by atomic mass is 32.1. The highest BCUT2D eigenvalue weighted by Gasteiger charge is 2.34. The predicted molar refractivity (Wildman–Crippen MR) is 149 cm³/mol. The summed E-state index contributed by atoms with van der Waals surface area (Å²) in [5.41, 5.74) is 2.61. The Hall–Kier alpha value is -3.85. The Balaban J connectivity index is 1.27. The zero-order chi connectivity index (χ0) is 27.0. The second kappa shape index (κ2) is 12.1. The van der Waals surface area contributed by atoms with E-state index in [1.165, 1.54) is 12.5 Å². The van der Waals surface area contributed by atoms with Crippen LogP contribution in [0.2, 0.25) is 0 Å². The van der Waals surface area contributed by atoms with Crippen molar-refractivity contribution in [2.45, 2.75) is 50.4 Å². The third-order valence-electron chi connectivity index (χ3n) is 7.39. The molecule has 0 saturated heterocycles. The third-order valence-corrected chi connectivity index (χ3v) is 7.68. The minimum atomic E-state index is -0.447. The monoisotopic (exact) mass is 534 g/mol. The molecule has 0 radical (unpaired) electrons.